The van der Waals surface area contributed by atoms with Crippen LogP contribution < -0.4 is 15.8 Å². The Morgan fingerprint density at radius 2 is 1.70 bits per heavy atom. The topological polar surface area (TPSA) is 114 Å². The van der Waals surface area contributed by atoms with Gasteiger partial charge in [-0.1, -0.05) is 54.6 Å². The first-order valence-electron chi connectivity index (χ1n) is 10.3. The van der Waals surface area contributed by atoms with Crippen molar-refractivity contribution in [3.05, 3.63) is 95.8 Å². The molecular weight excluding hydrogens is 414 g/mol. The quantitative estimate of drug-likeness (QED) is 0.274. The standard InChI is InChI=1S/C26H23N5O2/c1-16(32)18-9-6-10-20(13-18)24(27)23-25(28)29-15-30-26(23)31-21-14-19(11-12-22(21)33-2)17-7-4-3-5-8-17/h3-15,27H,1-2H3,(H3,28,29,30,31). The highest BCUT2D eigenvalue weighted by molar-refractivity contribution is 6.17. The zero-order valence-electron chi connectivity index (χ0n) is 18.3. The van der Waals surface area contributed by atoms with E-state index in [0.29, 0.717) is 33.9 Å². The number of hydrogen-bond donors (Lipinski definition) is 3. The highest BCUT2D eigenvalue weighted by atomic mass is 16.5. The van der Waals surface area contributed by atoms with E-state index in [1.54, 1.807) is 31.4 Å². The van der Waals surface area contributed by atoms with Crippen LogP contribution >= 0.6 is 0 Å². The smallest absolute Gasteiger partial charge is 0.159 e. The van der Waals surface area contributed by atoms with Gasteiger partial charge in [0.25, 0.3) is 0 Å². The maximum absolute atomic E-state index is 11.8. The monoisotopic (exact) mass is 437 g/mol. The molecule has 4 aromatic rings. The number of nitrogens with one attached hydrogen (secondary N) is 2. The summed E-state index contributed by atoms with van der Waals surface area (Å²) >= 11 is 0. The Bertz CT molecular complexity index is 1340. The average Bonchev–Trinajstić information content (AvgIpc) is 2.84. The van der Waals surface area contributed by atoms with Gasteiger partial charge in [-0.2, -0.15) is 0 Å². The third-order valence-corrected chi connectivity index (χ3v) is 5.24. The highest BCUT2D eigenvalue weighted by Crippen LogP contribution is 2.34. The van der Waals surface area contributed by atoms with Gasteiger partial charge >= 0.3 is 0 Å². The Labute approximate surface area is 191 Å². The number of methoxy groups -OCH3 is 1. The van der Waals surface area contributed by atoms with E-state index in [0.717, 1.165) is 11.1 Å². The van der Waals surface area contributed by atoms with E-state index in [4.69, 9.17) is 15.9 Å². The zero-order valence-corrected chi connectivity index (χ0v) is 18.3. The van der Waals surface area contributed by atoms with Gasteiger partial charge in [0.1, 0.15) is 23.7 Å². The first-order valence-corrected chi connectivity index (χ1v) is 10.3. The molecule has 7 nitrogen and oxygen atoms in total. The molecule has 0 saturated heterocycles. The van der Waals surface area contributed by atoms with Crippen LogP contribution in [0.4, 0.5) is 17.3 Å². The van der Waals surface area contributed by atoms with Gasteiger partial charge < -0.3 is 15.8 Å². The van der Waals surface area contributed by atoms with Crippen LogP contribution in [0, 0.1) is 5.41 Å². The third kappa shape index (κ3) is 4.57. The number of nitrogens with zero attached hydrogens (tertiary/aromatic N) is 2. The molecular formula is C26H23N5O2. The summed E-state index contributed by atoms with van der Waals surface area (Å²) in [6.07, 6.45) is 1.34. The van der Waals surface area contributed by atoms with Crippen molar-refractivity contribution < 1.29 is 9.53 Å². The van der Waals surface area contributed by atoms with E-state index < -0.39 is 0 Å². The van der Waals surface area contributed by atoms with Gasteiger partial charge in [0.05, 0.1) is 24.1 Å². The van der Waals surface area contributed by atoms with E-state index in [1.807, 2.05) is 48.5 Å². The molecule has 0 radical (unpaired) electrons. The molecule has 0 bridgehead atoms. The van der Waals surface area contributed by atoms with Crippen LogP contribution in [0.3, 0.4) is 0 Å². The van der Waals surface area contributed by atoms with Gasteiger partial charge in [0.2, 0.25) is 0 Å². The fourth-order valence-electron chi connectivity index (χ4n) is 3.52. The van der Waals surface area contributed by atoms with Crippen LogP contribution in [0.2, 0.25) is 0 Å². The second kappa shape index (κ2) is 9.32. The van der Waals surface area contributed by atoms with Crippen LogP contribution in [-0.2, 0) is 0 Å². The maximum atomic E-state index is 11.8. The lowest BCUT2D eigenvalue weighted by Gasteiger charge is -2.16. The molecule has 0 unspecified atom stereocenters. The van der Waals surface area contributed by atoms with Gasteiger partial charge in [-0.15, -0.1) is 0 Å². The molecule has 3 aromatic carbocycles. The number of nitrogen functional groups attached to an aromatic ring is 1. The molecule has 1 aromatic heterocycles. The van der Waals surface area contributed by atoms with Crippen LogP contribution in [0.15, 0.2) is 79.1 Å². The lowest BCUT2D eigenvalue weighted by Crippen LogP contribution is -2.13. The van der Waals surface area contributed by atoms with Crippen molar-refractivity contribution in [3.63, 3.8) is 0 Å². The van der Waals surface area contributed by atoms with E-state index >= 15 is 0 Å². The summed E-state index contributed by atoms with van der Waals surface area (Å²) in [6.45, 7) is 1.49. The molecule has 164 valence electrons. The second-order valence-electron chi connectivity index (χ2n) is 7.40. The van der Waals surface area contributed by atoms with Crippen molar-refractivity contribution in [2.75, 3.05) is 18.2 Å². The van der Waals surface area contributed by atoms with E-state index in [9.17, 15) is 4.79 Å². The number of rotatable bonds is 7. The highest BCUT2D eigenvalue weighted by Gasteiger charge is 2.18. The third-order valence-electron chi connectivity index (χ3n) is 5.24. The van der Waals surface area contributed by atoms with Crippen molar-refractivity contribution in [2.24, 2.45) is 0 Å². The van der Waals surface area contributed by atoms with Crippen molar-refractivity contribution in [2.45, 2.75) is 6.92 Å². The number of hydrogen-bond acceptors (Lipinski definition) is 7. The normalized spacial score (nSPS) is 10.5. The second-order valence-corrected chi connectivity index (χ2v) is 7.40. The summed E-state index contributed by atoms with van der Waals surface area (Å²) in [5.74, 6) is 1.05. The molecule has 0 aliphatic carbocycles. The molecule has 0 amide bonds. The summed E-state index contributed by atoms with van der Waals surface area (Å²) in [4.78, 5) is 20.2. The SMILES string of the molecule is COc1ccc(-c2ccccc2)cc1Nc1ncnc(N)c1C(=N)c1cccc(C(C)=O)c1. The van der Waals surface area contributed by atoms with Gasteiger partial charge in [-0.25, -0.2) is 9.97 Å². The Morgan fingerprint density at radius 3 is 2.42 bits per heavy atom. The van der Waals surface area contributed by atoms with Crippen molar-refractivity contribution in [1.82, 2.24) is 9.97 Å². The fraction of sp³-hybridized carbons (Fsp3) is 0.0769. The van der Waals surface area contributed by atoms with Gasteiger partial charge in [-0.05, 0) is 36.2 Å². The first kappa shape index (κ1) is 21.7. The van der Waals surface area contributed by atoms with Crippen molar-refractivity contribution in [1.29, 1.82) is 5.41 Å². The fourth-order valence-corrected chi connectivity index (χ4v) is 3.52. The summed E-state index contributed by atoms with van der Waals surface area (Å²) in [5, 5.41) is 12.1. The number of ether oxygens (including phenoxy) is 1. The number of aromatic nitrogens is 2. The Morgan fingerprint density at radius 1 is 0.939 bits per heavy atom. The van der Waals surface area contributed by atoms with Crippen LogP contribution in [0.1, 0.15) is 28.4 Å². The van der Waals surface area contributed by atoms with Crippen molar-refractivity contribution in [3.8, 4) is 16.9 Å². The van der Waals surface area contributed by atoms with E-state index in [1.165, 1.54) is 13.3 Å². The van der Waals surface area contributed by atoms with E-state index in [2.05, 4.69) is 15.3 Å². The number of carbonyl (C=O) groups excluding carboxylic acids is 1. The predicted octanol–water partition coefficient (Wildman–Crippen LogP) is 5.10. The summed E-state index contributed by atoms with van der Waals surface area (Å²) in [5.41, 5.74) is 10.4. The number of carbonyl (C=O) groups is 1. The molecule has 0 fully saturated rings. The van der Waals surface area contributed by atoms with Gasteiger partial charge in [-0.3, -0.25) is 10.2 Å². The van der Waals surface area contributed by atoms with Gasteiger partial charge in [0, 0.05) is 11.1 Å². The number of benzene rings is 3. The number of Topliss-reactive ketones (excluding diaryl/α,β-unsaturated/α-hetero) is 1. The molecule has 4 N–H and O–H groups in total. The summed E-state index contributed by atoms with van der Waals surface area (Å²) in [7, 11) is 1.59. The Hall–Kier alpha value is -4.52. The lowest BCUT2D eigenvalue weighted by molar-refractivity contribution is 0.101. The van der Waals surface area contributed by atoms with Crippen LogP contribution in [0.5, 0.6) is 5.75 Å². The summed E-state index contributed by atoms with van der Waals surface area (Å²) in [6, 6.07) is 22.6. The number of nitrogens with two attached hydrogens (primary N) is 1. The lowest BCUT2D eigenvalue weighted by atomic mass is 9.99. The molecule has 7 heteroatoms. The summed E-state index contributed by atoms with van der Waals surface area (Å²) < 4.78 is 5.54. The first-order chi connectivity index (χ1) is 16.0. The molecule has 0 spiro atoms. The number of anilines is 3. The molecule has 0 atom stereocenters. The zero-order chi connectivity index (χ0) is 23.4. The molecule has 1 heterocycles. The molecule has 0 aliphatic rings. The van der Waals surface area contributed by atoms with Crippen LogP contribution in [-0.4, -0.2) is 28.6 Å². The average molecular weight is 438 g/mol. The van der Waals surface area contributed by atoms with Crippen LogP contribution in [0.25, 0.3) is 11.1 Å². The largest absolute Gasteiger partial charge is 0.495 e. The minimum Gasteiger partial charge on any atom is -0.495 e. The maximum Gasteiger partial charge on any atom is 0.159 e. The Kier molecular flexibility index (Phi) is 6.13. The molecule has 0 aliphatic heterocycles. The van der Waals surface area contributed by atoms with Crippen molar-refractivity contribution >= 4 is 28.8 Å². The number of ketones is 1. The molecule has 0 saturated carbocycles. The minimum atomic E-state index is -0.0808. The molecule has 33 heavy (non-hydrogen) atoms. The Balaban J connectivity index is 1.76. The minimum absolute atomic E-state index is 0.0808. The van der Waals surface area contributed by atoms with Gasteiger partial charge in [0.15, 0.2) is 5.78 Å². The predicted molar refractivity (Wildman–Crippen MR) is 131 cm³/mol. The van der Waals surface area contributed by atoms with E-state index in [-0.39, 0.29) is 17.3 Å². The molecule has 4 rings (SSSR count).